The largest absolute Gasteiger partial charge is 0.463 e. The highest BCUT2D eigenvalue weighted by Crippen LogP contribution is 2.14. The maximum atomic E-state index is 11.4. The van der Waals surface area contributed by atoms with E-state index in [0.717, 1.165) is 0 Å². The Morgan fingerprint density at radius 1 is 1.73 bits per heavy atom. The molecule has 0 aliphatic heterocycles. The smallest absolute Gasteiger partial charge is 0.334 e. The summed E-state index contributed by atoms with van der Waals surface area (Å²) < 4.78 is 4.92. The third kappa shape index (κ3) is 3.85. The van der Waals surface area contributed by atoms with Crippen molar-refractivity contribution in [2.75, 3.05) is 19.8 Å². The molecule has 0 aromatic heterocycles. The van der Waals surface area contributed by atoms with Gasteiger partial charge < -0.3 is 15.2 Å². The van der Waals surface area contributed by atoms with Crippen LogP contribution in [0.1, 0.15) is 13.3 Å². The lowest BCUT2D eigenvalue weighted by Gasteiger charge is -2.18. The predicted octanol–water partition coefficient (Wildman–Crippen LogP) is 0.386. The van der Waals surface area contributed by atoms with Crippen LogP contribution in [-0.4, -0.2) is 36.9 Å². The summed E-state index contributed by atoms with van der Waals surface area (Å²) >= 11 is 0. The number of ether oxygens (including phenoxy) is 1. The van der Waals surface area contributed by atoms with Crippen molar-refractivity contribution in [1.29, 1.82) is 0 Å². The Morgan fingerprint density at radius 3 is 3.20 bits per heavy atom. The monoisotopic (exact) mass is 211 g/mol. The van der Waals surface area contributed by atoms with E-state index in [2.05, 4.69) is 5.32 Å². The first kappa shape index (κ1) is 11.9. The zero-order chi connectivity index (χ0) is 11.1. The van der Waals surface area contributed by atoms with Crippen molar-refractivity contribution in [3.8, 4) is 0 Å². The molecule has 1 aliphatic carbocycles. The van der Waals surface area contributed by atoms with E-state index in [1.807, 2.05) is 12.2 Å². The van der Waals surface area contributed by atoms with E-state index in [4.69, 9.17) is 9.84 Å². The van der Waals surface area contributed by atoms with Gasteiger partial charge in [0.1, 0.15) is 0 Å². The van der Waals surface area contributed by atoms with Gasteiger partial charge in [0.25, 0.3) is 0 Å². The lowest BCUT2D eigenvalue weighted by molar-refractivity contribution is -0.138. The molecule has 1 rings (SSSR count). The fourth-order valence-electron chi connectivity index (χ4n) is 1.44. The van der Waals surface area contributed by atoms with Gasteiger partial charge in [0.05, 0.1) is 13.2 Å². The van der Waals surface area contributed by atoms with E-state index in [-0.39, 0.29) is 18.6 Å². The topological polar surface area (TPSA) is 58.6 Å². The molecule has 84 valence electrons. The van der Waals surface area contributed by atoms with E-state index < -0.39 is 0 Å². The molecular weight excluding hydrogens is 194 g/mol. The highest BCUT2D eigenvalue weighted by Gasteiger charge is 2.17. The van der Waals surface area contributed by atoms with E-state index in [1.54, 1.807) is 13.0 Å². The number of carbonyl (C=O) groups excluding carboxylic acids is 1. The highest BCUT2D eigenvalue weighted by molar-refractivity contribution is 5.89. The molecule has 0 fully saturated rings. The fourth-order valence-corrected chi connectivity index (χ4v) is 1.44. The molecule has 15 heavy (non-hydrogen) atoms. The molecule has 0 bridgehead atoms. The Morgan fingerprint density at radius 2 is 2.53 bits per heavy atom. The minimum Gasteiger partial charge on any atom is -0.463 e. The van der Waals surface area contributed by atoms with Crippen molar-refractivity contribution >= 4 is 5.97 Å². The minimum absolute atomic E-state index is 0.1000. The van der Waals surface area contributed by atoms with Crippen LogP contribution in [0.25, 0.3) is 0 Å². The third-order valence-corrected chi connectivity index (χ3v) is 2.14. The molecule has 1 atom stereocenters. The van der Waals surface area contributed by atoms with Crippen molar-refractivity contribution in [2.45, 2.75) is 19.4 Å². The summed E-state index contributed by atoms with van der Waals surface area (Å²) in [6.07, 6.45) is 6.20. The summed E-state index contributed by atoms with van der Waals surface area (Å²) in [7, 11) is 0. The molecule has 0 saturated carbocycles. The standard InChI is InChI=1S/C11H17NO3/c1-2-15-11(14)9-4-3-5-10(8-9)12-6-7-13/h3-5,10,12-13H,2,6-8H2,1H3. The van der Waals surface area contributed by atoms with E-state index in [9.17, 15) is 4.79 Å². The van der Waals surface area contributed by atoms with Gasteiger partial charge in [-0.3, -0.25) is 0 Å². The van der Waals surface area contributed by atoms with E-state index >= 15 is 0 Å². The Hall–Kier alpha value is -1.13. The summed E-state index contributed by atoms with van der Waals surface area (Å²) in [6, 6.07) is 0.113. The maximum absolute atomic E-state index is 11.4. The summed E-state index contributed by atoms with van der Waals surface area (Å²) in [6.45, 7) is 2.82. The van der Waals surface area contributed by atoms with Crippen LogP contribution in [0.3, 0.4) is 0 Å². The van der Waals surface area contributed by atoms with Gasteiger partial charge in [0.2, 0.25) is 0 Å². The maximum Gasteiger partial charge on any atom is 0.334 e. The molecule has 0 radical (unpaired) electrons. The van der Waals surface area contributed by atoms with Crippen LogP contribution in [-0.2, 0) is 9.53 Å². The molecule has 1 unspecified atom stereocenters. The van der Waals surface area contributed by atoms with Gasteiger partial charge in [-0.2, -0.15) is 0 Å². The van der Waals surface area contributed by atoms with Crippen LogP contribution in [0.4, 0.5) is 0 Å². The van der Waals surface area contributed by atoms with Gasteiger partial charge in [0, 0.05) is 18.2 Å². The first-order chi connectivity index (χ1) is 7.27. The van der Waals surface area contributed by atoms with Crippen molar-refractivity contribution in [3.05, 3.63) is 23.8 Å². The number of hydrogen-bond donors (Lipinski definition) is 2. The Bertz CT molecular complexity index is 271. The molecule has 4 heteroatoms. The average Bonchev–Trinajstić information content (AvgIpc) is 2.27. The van der Waals surface area contributed by atoms with Crippen LogP contribution in [0.15, 0.2) is 23.8 Å². The first-order valence-electron chi connectivity index (χ1n) is 5.16. The Labute approximate surface area is 89.6 Å². The summed E-state index contributed by atoms with van der Waals surface area (Å²) in [5.74, 6) is -0.252. The molecule has 4 nitrogen and oxygen atoms in total. The molecule has 0 saturated heterocycles. The second kappa shape index (κ2) is 6.37. The van der Waals surface area contributed by atoms with Crippen LogP contribution in [0, 0.1) is 0 Å². The lowest BCUT2D eigenvalue weighted by atomic mass is 10.0. The second-order valence-corrected chi connectivity index (χ2v) is 3.29. The Kier molecular flexibility index (Phi) is 5.07. The molecule has 0 heterocycles. The molecule has 0 aromatic rings. The zero-order valence-electron chi connectivity index (χ0n) is 8.90. The molecule has 2 N–H and O–H groups in total. The van der Waals surface area contributed by atoms with Crippen molar-refractivity contribution in [3.63, 3.8) is 0 Å². The van der Waals surface area contributed by atoms with E-state index in [0.29, 0.717) is 25.1 Å². The van der Waals surface area contributed by atoms with Gasteiger partial charge >= 0.3 is 5.97 Å². The minimum atomic E-state index is -0.252. The molecule has 1 aliphatic rings. The van der Waals surface area contributed by atoms with Gasteiger partial charge in [-0.15, -0.1) is 0 Å². The number of allylic oxidation sites excluding steroid dienone is 2. The van der Waals surface area contributed by atoms with Crippen LogP contribution in [0.2, 0.25) is 0 Å². The van der Waals surface area contributed by atoms with Crippen LogP contribution >= 0.6 is 0 Å². The van der Waals surface area contributed by atoms with E-state index in [1.165, 1.54) is 0 Å². The third-order valence-electron chi connectivity index (χ3n) is 2.14. The van der Waals surface area contributed by atoms with Crippen LogP contribution in [0.5, 0.6) is 0 Å². The quantitative estimate of drug-likeness (QED) is 0.646. The van der Waals surface area contributed by atoms with Crippen molar-refractivity contribution in [2.24, 2.45) is 0 Å². The number of rotatable bonds is 5. The van der Waals surface area contributed by atoms with Crippen LogP contribution < -0.4 is 5.32 Å². The summed E-state index contributed by atoms with van der Waals surface area (Å²) in [5.41, 5.74) is 0.676. The molecule has 0 aromatic carbocycles. The number of aliphatic hydroxyl groups is 1. The molecular formula is C11H17NO3. The van der Waals surface area contributed by atoms with Gasteiger partial charge in [-0.05, 0) is 13.3 Å². The highest BCUT2D eigenvalue weighted by atomic mass is 16.5. The van der Waals surface area contributed by atoms with Gasteiger partial charge in [-0.1, -0.05) is 18.2 Å². The number of nitrogens with one attached hydrogen (secondary N) is 1. The second-order valence-electron chi connectivity index (χ2n) is 3.29. The first-order valence-corrected chi connectivity index (χ1v) is 5.16. The molecule has 0 spiro atoms. The van der Waals surface area contributed by atoms with Crippen molar-refractivity contribution in [1.82, 2.24) is 5.32 Å². The summed E-state index contributed by atoms with van der Waals surface area (Å²) in [5, 5.41) is 11.8. The van der Waals surface area contributed by atoms with Crippen molar-refractivity contribution < 1.29 is 14.6 Å². The number of carbonyl (C=O) groups is 1. The normalized spacial score (nSPS) is 19.9. The van der Waals surface area contributed by atoms with Gasteiger partial charge in [-0.25, -0.2) is 4.79 Å². The lowest BCUT2D eigenvalue weighted by Crippen LogP contribution is -2.32. The summed E-state index contributed by atoms with van der Waals surface area (Å²) in [4.78, 5) is 11.4. The number of hydrogen-bond acceptors (Lipinski definition) is 4. The van der Waals surface area contributed by atoms with Gasteiger partial charge in [0.15, 0.2) is 0 Å². The number of aliphatic hydroxyl groups excluding tert-OH is 1. The average molecular weight is 211 g/mol. The predicted molar refractivity (Wildman–Crippen MR) is 57.3 cm³/mol. The zero-order valence-corrected chi connectivity index (χ0v) is 8.90. The number of esters is 1. The SMILES string of the molecule is CCOC(=O)C1=CC=CC(NCCO)C1. The fraction of sp³-hybridized carbons (Fsp3) is 0.545. The Balaban J connectivity index is 2.45. The molecule has 0 amide bonds.